The summed E-state index contributed by atoms with van der Waals surface area (Å²) in [5.41, 5.74) is 4.84. The van der Waals surface area contributed by atoms with Crippen molar-refractivity contribution < 1.29 is 0 Å². The second-order valence-electron chi connectivity index (χ2n) is 4.93. The Kier molecular flexibility index (Phi) is 4.03. The van der Waals surface area contributed by atoms with Gasteiger partial charge < -0.3 is 5.32 Å². The van der Waals surface area contributed by atoms with E-state index in [-0.39, 0.29) is 0 Å². The van der Waals surface area contributed by atoms with Crippen LogP contribution in [0.2, 0.25) is 0 Å². The highest BCUT2D eigenvalue weighted by molar-refractivity contribution is 7.98. The molecule has 0 atom stereocenters. The molecule has 0 amide bonds. The molecule has 2 heterocycles. The average molecular weight is 285 g/mol. The van der Waals surface area contributed by atoms with Crippen LogP contribution in [-0.2, 0) is 19.4 Å². The van der Waals surface area contributed by atoms with Gasteiger partial charge in [0.1, 0.15) is 0 Å². The number of hydrogen-bond donors (Lipinski definition) is 1. The van der Waals surface area contributed by atoms with Crippen LogP contribution in [0.25, 0.3) is 11.4 Å². The number of aromatic nitrogens is 2. The largest absolute Gasteiger partial charge is 0.311 e. The standard InChI is InChI=1S/C16H19N3S/c1-3-14-13-8-9-17-10-15(13)19-16(18-14)11-4-6-12(20-2)7-5-11/h4-7,17H,3,8-10H2,1-2H3. The van der Waals surface area contributed by atoms with Crippen molar-refractivity contribution in [2.75, 3.05) is 12.8 Å². The molecule has 1 aromatic carbocycles. The normalized spacial score (nSPS) is 14.1. The lowest BCUT2D eigenvalue weighted by atomic mass is 10.0. The van der Waals surface area contributed by atoms with Crippen molar-refractivity contribution in [3.05, 3.63) is 41.2 Å². The van der Waals surface area contributed by atoms with E-state index < -0.39 is 0 Å². The molecule has 0 radical (unpaired) electrons. The second kappa shape index (κ2) is 5.94. The molecule has 1 N–H and O–H groups in total. The van der Waals surface area contributed by atoms with Crippen LogP contribution >= 0.6 is 11.8 Å². The summed E-state index contributed by atoms with van der Waals surface area (Å²) in [6, 6.07) is 8.49. The van der Waals surface area contributed by atoms with Crippen LogP contribution < -0.4 is 5.32 Å². The minimum atomic E-state index is 0.858. The Hall–Kier alpha value is -1.39. The van der Waals surface area contributed by atoms with Gasteiger partial charge in [-0.05, 0) is 43.3 Å². The summed E-state index contributed by atoms with van der Waals surface area (Å²) < 4.78 is 0. The molecule has 0 saturated heterocycles. The van der Waals surface area contributed by atoms with Gasteiger partial charge in [-0.1, -0.05) is 19.1 Å². The van der Waals surface area contributed by atoms with Gasteiger partial charge in [0.05, 0.1) is 5.69 Å². The molecular formula is C16H19N3S. The molecule has 0 aliphatic carbocycles. The first kappa shape index (κ1) is 13.6. The Balaban J connectivity index is 2.04. The number of thioether (sulfide) groups is 1. The zero-order chi connectivity index (χ0) is 13.9. The third-order valence-electron chi connectivity index (χ3n) is 3.71. The first-order valence-electron chi connectivity index (χ1n) is 7.05. The van der Waals surface area contributed by atoms with E-state index in [1.165, 1.54) is 21.8 Å². The molecule has 4 heteroatoms. The highest BCUT2D eigenvalue weighted by Gasteiger charge is 2.16. The summed E-state index contributed by atoms with van der Waals surface area (Å²) in [7, 11) is 0. The Morgan fingerprint density at radius 2 is 2.00 bits per heavy atom. The quantitative estimate of drug-likeness (QED) is 0.880. The summed E-state index contributed by atoms with van der Waals surface area (Å²) in [6.07, 6.45) is 4.11. The summed E-state index contributed by atoms with van der Waals surface area (Å²) in [5.74, 6) is 0.858. The second-order valence-corrected chi connectivity index (χ2v) is 5.81. The lowest BCUT2D eigenvalue weighted by molar-refractivity contribution is 0.617. The fraction of sp³-hybridized carbons (Fsp3) is 0.375. The van der Waals surface area contributed by atoms with Gasteiger partial charge in [0.25, 0.3) is 0 Å². The molecule has 104 valence electrons. The molecule has 0 bridgehead atoms. The SMILES string of the molecule is CCc1nc(-c2ccc(SC)cc2)nc2c1CCNC2. The predicted molar refractivity (Wildman–Crippen MR) is 84.0 cm³/mol. The summed E-state index contributed by atoms with van der Waals surface area (Å²) in [5, 5.41) is 3.40. The van der Waals surface area contributed by atoms with Crippen molar-refractivity contribution >= 4 is 11.8 Å². The monoisotopic (exact) mass is 285 g/mol. The Morgan fingerprint density at radius 1 is 1.20 bits per heavy atom. The van der Waals surface area contributed by atoms with Gasteiger partial charge >= 0.3 is 0 Å². The highest BCUT2D eigenvalue weighted by Crippen LogP contribution is 2.24. The number of nitrogens with zero attached hydrogens (tertiary/aromatic N) is 2. The molecule has 3 rings (SSSR count). The van der Waals surface area contributed by atoms with Crippen molar-refractivity contribution in [2.24, 2.45) is 0 Å². The highest BCUT2D eigenvalue weighted by atomic mass is 32.2. The number of hydrogen-bond acceptors (Lipinski definition) is 4. The van der Waals surface area contributed by atoms with Crippen LogP contribution in [0.3, 0.4) is 0 Å². The first-order chi connectivity index (χ1) is 9.81. The van der Waals surface area contributed by atoms with E-state index in [4.69, 9.17) is 9.97 Å². The third-order valence-corrected chi connectivity index (χ3v) is 4.45. The van der Waals surface area contributed by atoms with Crippen molar-refractivity contribution in [2.45, 2.75) is 31.2 Å². The van der Waals surface area contributed by atoms with Gasteiger partial charge in [-0.3, -0.25) is 0 Å². The molecule has 0 saturated carbocycles. The summed E-state index contributed by atoms with van der Waals surface area (Å²) >= 11 is 1.75. The van der Waals surface area contributed by atoms with Gasteiger partial charge in [0.15, 0.2) is 5.82 Å². The maximum atomic E-state index is 4.78. The molecule has 1 aliphatic rings. The van der Waals surface area contributed by atoms with E-state index in [2.05, 4.69) is 42.8 Å². The van der Waals surface area contributed by atoms with Crippen LogP contribution in [0.1, 0.15) is 23.9 Å². The van der Waals surface area contributed by atoms with E-state index in [0.717, 1.165) is 37.3 Å². The first-order valence-corrected chi connectivity index (χ1v) is 8.28. The average Bonchev–Trinajstić information content (AvgIpc) is 2.54. The van der Waals surface area contributed by atoms with Gasteiger partial charge in [-0.2, -0.15) is 0 Å². The summed E-state index contributed by atoms with van der Waals surface area (Å²) in [6.45, 7) is 4.07. The van der Waals surface area contributed by atoms with Crippen molar-refractivity contribution in [1.82, 2.24) is 15.3 Å². The van der Waals surface area contributed by atoms with E-state index in [1.54, 1.807) is 11.8 Å². The molecule has 0 spiro atoms. The van der Waals surface area contributed by atoms with Crippen LogP contribution in [0.4, 0.5) is 0 Å². The number of rotatable bonds is 3. The zero-order valence-electron chi connectivity index (χ0n) is 11.9. The van der Waals surface area contributed by atoms with E-state index >= 15 is 0 Å². The maximum Gasteiger partial charge on any atom is 0.159 e. The Morgan fingerprint density at radius 3 is 2.70 bits per heavy atom. The fourth-order valence-corrected chi connectivity index (χ4v) is 3.01. The van der Waals surface area contributed by atoms with Gasteiger partial charge in [0, 0.05) is 22.7 Å². The number of benzene rings is 1. The molecule has 0 fully saturated rings. The third kappa shape index (κ3) is 2.58. The van der Waals surface area contributed by atoms with Crippen LogP contribution in [0.5, 0.6) is 0 Å². The van der Waals surface area contributed by atoms with Crippen molar-refractivity contribution in [1.29, 1.82) is 0 Å². The fourth-order valence-electron chi connectivity index (χ4n) is 2.60. The van der Waals surface area contributed by atoms with E-state index in [1.807, 2.05) is 0 Å². The van der Waals surface area contributed by atoms with Crippen LogP contribution in [0, 0.1) is 0 Å². The maximum absolute atomic E-state index is 4.78. The predicted octanol–water partition coefficient (Wildman–Crippen LogP) is 3.07. The van der Waals surface area contributed by atoms with Crippen LogP contribution in [-0.4, -0.2) is 22.8 Å². The molecule has 2 aromatic rings. The zero-order valence-corrected chi connectivity index (χ0v) is 12.8. The van der Waals surface area contributed by atoms with Gasteiger partial charge in [-0.25, -0.2) is 9.97 Å². The minimum Gasteiger partial charge on any atom is -0.311 e. The van der Waals surface area contributed by atoms with Crippen molar-refractivity contribution in [3.63, 3.8) is 0 Å². The van der Waals surface area contributed by atoms with Crippen LogP contribution in [0.15, 0.2) is 29.2 Å². The summed E-state index contributed by atoms with van der Waals surface area (Å²) in [4.78, 5) is 10.8. The molecule has 1 aliphatic heterocycles. The van der Waals surface area contributed by atoms with Gasteiger partial charge in [-0.15, -0.1) is 11.8 Å². The Labute approximate surface area is 124 Å². The Bertz CT molecular complexity index is 591. The topological polar surface area (TPSA) is 37.8 Å². The lowest BCUT2D eigenvalue weighted by Gasteiger charge is -2.19. The number of aryl methyl sites for hydroxylation is 1. The van der Waals surface area contributed by atoms with Crippen molar-refractivity contribution in [3.8, 4) is 11.4 Å². The number of nitrogens with one attached hydrogen (secondary N) is 1. The van der Waals surface area contributed by atoms with E-state index in [0.29, 0.717) is 0 Å². The minimum absolute atomic E-state index is 0.858. The molecule has 0 unspecified atom stereocenters. The lowest BCUT2D eigenvalue weighted by Crippen LogP contribution is -2.26. The van der Waals surface area contributed by atoms with E-state index in [9.17, 15) is 0 Å². The molecule has 20 heavy (non-hydrogen) atoms. The molecule has 1 aromatic heterocycles. The van der Waals surface area contributed by atoms with Gasteiger partial charge in [0.2, 0.25) is 0 Å². The molecular weight excluding hydrogens is 266 g/mol. The smallest absolute Gasteiger partial charge is 0.159 e. The molecule has 3 nitrogen and oxygen atoms in total. The number of fused-ring (bicyclic) bond motifs is 1.